The van der Waals surface area contributed by atoms with Gasteiger partial charge < -0.3 is 18.6 Å². The molecule has 1 aromatic carbocycles. The summed E-state index contributed by atoms with van der Waals surface area (Å²) in [6, 6.07) is 10.2. The third-order valence-corrected chi connectivity index (χ3v) is 11.8. The van der Waals surface area contributed by atoms with E-state index < -0.39 is 13.9 Å². The monoisotopic (exact) mass is 656 g/mol. The average molecular weight is 656 g/mol. The van der Waals surface area contributed by atoms with E-state index in [1.54, 1.807) is 0 Å². The Morgan fingerprint density at radius 1 is 1.17 bits per heavy atom. The van der Waals surface area contributed by atoms with Crippen LogP contribution in [0.5, 0.6) is 0 Å². The van der Waals surface area contributed by atoms with Gasteiger partial charge >= 0.3 is 0 Å². The minimum atomic E-state index is -1.93. The average Bonchev–Trinajstić information content (AvgIpc) is 2.77. The smallest absolute Gasteiger partial charge is 0.192 e. The zero-order valence-electron chi connectivity index (χ0n) is 18.8. The van der Waals surface area contributed by atoms with Crippen molar-refractivity contribution in [2.45, 2.75) is 88.9 Å². The van der Waals surface area contributed by atoms with Gasteiger partial charge in [0.05, 0.1) is 20.4 Å². The Bertz CT molecular complexity index is 745. The van der Waals surface area contributed by atoms with Gasteiger partial charge in [-0.1, -0.05) is 51.1 Å². The van der Waals surface area contributed by atoms with Gasteiger partial charge in [0.25, 0.3) is 0 Å². The van der Waals surface area contributed by atoms with Crippen LogP contribution in [0.25, 0.3) is 0 Å². The predicted octanol–water partition coefficient (Wildman–Crippen LogP) is 7.14. The van der Waals surface area contributed by atoms with Crippen LogP contribution in [0.4, 0.5) is 0 Å². The first kappa shape index (κ1) is 25.1. The molecule has 7 heteroatoms. The maximum Gasteiger partial charge on any atom is 0.192 e. The van der Waals surface area contributed by atoms with Crippen molar-refractivity contribution >= 4 is 53.5 Å². The molecule has 0 saturated carbocycles. The Morgan fingerprint density at radius 3 is 2.43 bits per heavy atom. The molecule has 2 heterocycles. The largest absolute Gasteiger partial charge is 0.411 e. The second-order valence-electron chi connectivity index (χ2n) is 10.0. The van der Waals surface area contributed by atoms with Crippen LogP contribution in [0.2, 0.25) is 18.1 Å². The Morgan fingerprint density at radius 2 is 1.83 bits per heavy atom. The molecule has 2 saturated heterocycles. The van der Waals surface area contributed by atoms with Gasteiger partial charge in [-0.3, -0.25) is 0 Å². The minimum Gasteiger partial charge on any atom is -0.411 e. The highest BCUT2D eigenvalue weighted by Crippen LogP contribution is 2.43. The first-order chi connectivity index (χ1) is 13.9. The van der Waals surface area contributed by atoms with Crippen molar-refractivity contribution in [3.8, 4) is 0 Å². The van der Waals surface area contributed by atoms with Crippen LogP contribution in [0.15, 0.2) is 38.0 Å². The number of benzene rings is 1. The number of rotatable bonds is 4. The molecule has 5 atom stereocenters. The predicted molar refractivity (Wildman–Crippen MR) is 141 cm³/mol. The molecular weight excluding hydrogens is 622 g/mol. The van der Waals surface area contributed by atoms with Crippen molar-refractivity contribution in [2.24, 2.45) is 0 Å². The summed E-state index contributed by atoms with van der Waals surface area (Å²) in [5.41, 5.74) is 0.553. The highest BCUT2D eigenvalue weighted by molar-refractivity contribution is 14.2. The molecule has 0 aromatic heterocycles. The van der Waals surface area contributed by atoms with Crippen molar-refractivity contribution in [2.75, 3.05) is 6.61 Å². The maximum absolute atomic E-state index is 6.87. The van der Waals surface area contributed by atoms with Gasteiger partial charge in [0.2, 0.25) is 0 Å². The standard InChI is InChI=1S/C23H34I2O4Si/c1-22(2,3)30(5,6)29-17-12-13-19-23(4,28-18(17)14-20(24)25)15-26-21(27-19)16-10-8-7-9-11-16/h7-11,14,17-19,21H,12-13,15H2,1-6H3/t17-,18+,19+,21-,23-/m0/s1. The maximum atomic E-state index is 6.87. The molecule has 1 aromatic rings. The molecule has 0 spiro atoms. The summed E-state index contributed by atoms with van der Waals surface area (Å²) in [5.74, 6) is 0. The third kappa shape index (κ3) is 5.88. The first-order valence-electron chi connectivity index (χ1n) is 10.6. The molecule has 2 aliphatic heterocycles. The molecule has 0 bridgehead atoms. The molecule has 0 unspecified atom stereocenters. The molecule has 30 heavy (non-hydrogen) atoms. The number of ether oxygens (including phenoxy) is 3. The Balaban J connectivity index is 1.83. The summed E-state index contributed by atoms with van der Waals surface area (Å²) in [7, 11) is -1.93. The van der Waals surface area contributed by atoms with E-state index in [4.69, 9.17) is 18.6 Å². The number of hydrogen-bond donors (Lipinski definition) is 0. The highest BCUT2D eigenvalue weighted by atomic mass is 127. The second kappa shape index (κ2) is 9.76. The van der Waals surface area contributed by atoms with Gasteiger partial charge in [0, 0.05) is 5.56 Å². The molecule has 0 amide bonds. The van der Waals surface area contributed by atoms with Gasteiger partial charge in [-0.05, 0) is 89.2 Å². The molecule has 0 N–H and O–H groups in total. The fourth-order valence-corrected chi connectivity index (χ4v) is 5.82. The Hall–Kier alpha value is 0.477. The lowest BCUT2D eigenvalue weighted by Crippen LogP contribution is -2.53. The van der Waals surface area contributed by atoms with Crippen molar-refractivity contribution < 1.29 is 18.6 Å². The van der Waals surface area contributed by atoms with Crippen LogP contribution < -0.4 is 0 Å². The molecule has 2 aliphatic rings. The zero-order valence-corrected chi connectivity index (χ0v) is 24.1. The normalized spacial score (nSPS) is 32.8. The number of hydrogen-bond acceptors (Lipinski definition) is 4. The summed E-state index contributed by atoms with van der Waals surface area (Å²) in [5, 5.41) is 0.153. The van der Waals surface area contributed by atoms with E-state index in [1.165, 1.54) is 1.59 Å². The molecule has 3 rings (SSSR count). The summed E-state index contributed by atoms with van der Waals surface area (Å²) >= 11 is 4.69. The first-order valence-corrected chi connectivity index (χ1v) is 15.7. The molecule has 0 aliphatic carbocycles. The Labute approximate surface area is 209 Å². The van der Waals surface area contributed by atoms with Crippen LogP contribution in [-0.4, -0.2) is 38.8 Å². The molecule has 4 nitrogen and oxygen atoms in total. The van der Waals surface area contributed by atoms with Gasteiger partial charge in [0.15, 0.2) is 14.6 Å². The van der Waals surface area contributed by atoms with Crippen molar-refractivity contribution in [1.29, 1.82) is 0 Å². The van der Waals surface area contributed by atoms with Crippen molar-refractivity contribution in [3.05, 3.63) is 43.6 Å². The van der Waals surface area contributed by atoms with Crippen molar-refractivity contribution in [1.82, 2.24) is 0 Å². The SMILES string of the molecule is CC(C)(C)[Si](C)(C)O[C@H]1CC[C@H]2O[C@@H](c3ccccc3)OC[C@]2(C)O[C@@H]1C=C(I)I. The van der Waals surface area contributed by atoms with Crippen LogP contribution in [0, 0.1) is 0 Å². The number of fused-ring (bicyclic) bond motifs is 1. The van der Waals surface area contributed by atoms with Gasteiger partial charge in [-0.15, -0.1) is 0 Å². The van der Waals surface area contributed by atoms with E-state index in [1.807, 2.05) is 18.2 Å². The van der Waals surface area contributed by atoms with E-state index in [0.717, 1.165) is 18.4 Å². The van der Waals surface area contributed by atoms with Crippen LogP contribution in [0.1, 0.15) is 52.4 Å². The van der Waals surface area contributed by atoms with E-state index in [0.29, 0.717) is 6.61 Å². The summed E-state index contributed by atoms with van der Waals surface area (Å²) in [4.78, 5) is 0. The minimum absolute atomic E-state index is 0.0200. The van der Waals surface area contributed by atoms with Gasteiger partial charge in [-0.2, -0.15) is 0 Å². The lowest BCUT2D eigenvalue weighted by atomic mass is 9.94. The quantitative estimate of drug-likeness (QED) is 0.255. The number of halogens is 2. The molecule has 0 radical (unpaired) electrons. The summed E-state index contributed by atoms with van der Waals surface area (Å²) in [6.45, 7) is 14.1. The summed E-state index contributed by atoms with van der Waals surface area (Å²) < 4.78 is 27.4. The topological polar surface area (TPSA) is 36.9 Å². The van der Waals surface area contributed by atoms with E-state index in [2.05, 4.69) is 104 Å². The van der Waals surface area contributed by atoms with Gasteiger partial charge in [-0.25, -0.2) is 0 Å². The molecular formula is C23H34I2O4Si. The van der Waals surface area contributed by atoms with Gasteiger partial charge in [0.1, 0.15) is 11.7 Å². The summed E-state index contributed by atoms with van der Waals surface area (Å²) in [6.07, 6.45) is 3.53. The van der Waals surface area contributed by atoms with E-state index in [-0.39, 0.29) is 29.6 Å². The highest BCUT2D eigenvalue weighted by Gasteiger charge is 2.49. The fourth-order valence-electron chi connectivity index (χ4n) is 3.75. The van der Waals surface area contributed by atoms with E-state index >= 15 is 0 Å². The van der Waals surface area contributed by atoms with Crippen LogP contribution in [0.3, 0.4) is 0 Å². The van der Waals surface area contributed by atoms with Crippen LogP contribution in [-0.2, 0) is 18.6 Å². The lowest BCUT2D eigenvalue weighted by Gasteiger charge is -2.44. The Kier molecular flexibility index (Phi) is 8.17. The second-order valence-corrected chi connectivity index (χ2v) is 19.2. The molecule has 2 fully saturated rings. The van der Waals surface area contributed by atoms with Crippen LogP contribution >= 0.6 is 45.2 Å². The van der Waals surface area contributed by atoms with Crippen molar-refractivity contribution in [3.63, 3.8) is 0 Å². The lowest BCUT2D eigenvalue weighted by molar-refractivity contribution is -0.302. The fraction of sp³-hybridized carbons (Fsp3) is 0.652. The third-order valence-electron chi connectivity index (χ3n) is 6.59. The molecule has 168 valence electrons. The van der Waals surface area contributed by atoms with E-state index in [9.17, 15) is 0 Å². The zero-order chi connectivity index (χ0) is 22.2.